The molecule has 18 heavy (non-hydrogen) atoms. The molecule has 0 aliphatic rings. The molecule has 0 fully saturated rings. The van der Waals surface area contributed by atoms with Gasteiger partial charge in [-0.05, 0) is 37.8 Å². The van der Waals surface area contributed by atoms with Crippen LogP contribution in [0, 0.1) is 5.92 Å². The average Bonchev–Trinajstić information content (AvgIpc) is 2.74. The molecule has 0 aliphatic heterocycles. The van der Waals surface area contributed by atoms with Crippen molar-refractivity contribution in [2.75, 3.05) is 0 Å². The standard InChI is InChI=1S/C15H21ClN2/c1-11(2)8-9-12(3)18-14-7-5-4-6-13(14)17-15(18)10-16/h4-7,11-12H,8-10H2,1-3H3. The molecule has 2 aromatic rings. The van der Waals surface area contributed by atoms with Gasteiger partial charge in [-0.1, -0.05) is 26.0 Å². The Morgan fingerprint density at radius 1 is 1.17 bits per heavy atom. The summed E-state index contributed by atoms with van der Waals surface area (Å²) in [6, 6.07) is 8.72. The third kappa shape index (κ3) is 2.69. The second-order valence-electron chi connectivity index (χ2n) is 5.34. The van der Waals surface area contributed by atoms with E-state index in [-0.39, 0.29) is 0 Å². The van der Waals surface area contributed by atoms with E-state index >= 15 is 0 Å². The van der Waals surface area contributed by atoms with E-state index in [9.17, 15) is 0 Å². The van der Waals surface area contributed by atoms with E-state index < -0.39 is 0 Å². The van der Waals surface area contributed by atoms with Gasteiger partial charge in [0.25, 0.3) is 0 Å². The fraction of sp³-hybridized carbons (Fsp3) is 0.533. The van der Waals surface area contributed by atoms with Crippen LogP contribution in [0.15, 0.2) is 24.3 Å². The van der Waals surface area contributed by atoms with Crippen molar-refractivity contribution in [2.24, 2.45) is 5.92 Å². The summed E-state index contributed by atoms with van der Waals surface area (Å²) in [5, 5.41) is 0. The molecule has 1 heterocycles. The van der Waals surface area contributed by atoms with Gasteiger partial charge in [-0.3, -0.25) is 0 Å². The predicted octanol–water partition coefficient (Wildman–Crippen LogP) is 4.77. The molecule has 0 saturated carbocycles. The van der Waals surface area contributed by atoms with Crippen molar-refractivity contribution < 1.29 is 0 Å². The summed E-state index contributed by atoms with van der Waals surface area (Å²) in [5.41, 5.74) is 2.24. The van der Waals surface area contributed by atoms with Gasteiger partial charge in [0.05, 0.1) is 16.9 Å². The number of halogens is 1. The van der Waals surface area contributed by atoms with Crippen LogP contribution in [0.4, 0.5) is 0 Å². The van der Waals surface area contributed by atoms with E-state index in [1.165, 1.54) is 18.4 Å². The zero-order valence-corrected chi connectivity index (χ0v) is 12.1. The number of hydrogen-bond acceptors (Lipinski definition) is 1. The number of fused-ring (bicyclic) bond motifs is 1. The summed E-state index contributed by atoms with van der Waals surface area (Å²) in [5.74, 6) is 2.19. The Morgan fingerprint density at radius 2 is 1.89 bits per heavy atom. The first-order chi connectivity index (χ1) is 8.63. The molecule has 3 heteroatoms. The number of alkyl halides is 1. The summed E-state index contributed by atoms with van der Waals surface area (Å²) < 4.78 is 2.30. The van der Waals surface area contributed by atoms with Crippen molar-refractivity contribution in [1.29, 1.82) is 0 Å². The molecule has 0 spiro atoms. The molecular formula is C15H21ClN2. The number of nitrogens with zero attached hydrogens (tertiary/aromatic N) is 2. The quantitative estimate of drug-likeness (QED) is 0.711. The van der Waals surface area contributed by atoms with Gasteiger partial charge in [0, 0.05) is 6.04 Å². The van der Waals surface area contributed by atoms with Gasteiger partial charge in [0.15, 0.2) is 0 Å². The van der Waals surface area contributed by atoms with Crippen molar-refractivity contribution in [1.82, 2.24) is 9.55 Å². The van der Waals surface area contributed by atoms with Gasteiger partial charge in [-0.15, -0.1) is 11.6 Å². The van der Waals surface area contributed by atoms with E-state index in [2.05, 4.69) is 48.5 Å². The lowest BCUT2D eigenvalue weighted by Gasteiger charge is -2.18. The first-order valence-electron chi connectivity index (χ1n) is 6.65. The lowest BCUT2D eigenvalue weighted by Crippen LogP contribution is -2.09. The van der Waals surface area contributed by atoms with Gasteiger partial charge in [0.2, 0.25) is 0 Å². The molecule has 0 aliphatic carbocycles. The predicted molar refractivity (Wildman–Crippen MR) is 78.1 cm³/mol. The van der Waals surface area contributed by atoms with Gasteiger partial charge < -0.3 is 4.57 Å². The molecule has 1 unspecified atom stereocenters. The lowest BCUT2D eigenvalue weighted by molar-refractivity contribution is 0.440. The highest BCUT2D eigenvalue weighted by Crippen LogP contribution is 2.25. The minimum Gasteiger partial charge on any atom is -0.324 e. The normalized spacial score (nSPS) is 13.4. The topological polar surface area (TPSA) is 17.8 Å². The van der Waals surface area contributed by atoms with E-state index in [0.29, 0.717) is 11.9 Å². The van der Waals surface area contributed by atoms with E-state index in [1.54, 1.807) is 0 Å². The monoisotopic (exact) mass is 264 g/mol. The number of benzene rings is 1. The van der Waals surface area contributed by atoms with Crippen molar-refractivity contribution >= 4 is 22.6 Å². The van der Waals surface area contributed by atoms with Crippen molar-refractivity contribution in [2.45, 2.75) is 45.5 Å². The average molecular weight is 265 g/mol. The minimum absolute atomic E-state index is 0.452. The van der Waals surface area contributed by atoms with Crippen LogP contribution in [0.1, 0.15) is 45.5 Å². The van der Waals surface area contributed by atoms with Crippen LogP contribution >= 0.6 is 11.6 Å². The molecule has 0 amide bonds. The fourth-order valence-electron chi connectivity index (χ4n) is 2.38. The Balaban J connectivity index is 2.35. The first-order valence-corrected chi connectivity index (χ1v) is 7.18. The molecule has 0 N–H and O–H groups in total. The summed E-state index contributed by atoms with van der Waals surface area (Å²) in [4.78, 5) is 4.61. The Kier molecular flexibility index (Phi) is 4.28. The van der Waals surface area contributed by atoms with Gasteiger partial charge in [0.1, 0.15) is 5.82 Å². The highest BCUT2D eigenvalue weighted by molar-refractivity contribution is 6.16. The molecule has 1 atom stereocenters. The summed E-state index contributed by atoms with van der Waals surface area (Å²) in [6.07, 6.45) is 2.40. The molecular weight excluding hydrogens is 244 g/mol. The minimum atomic E-state index is 0.452. The Morgan fingerprint density at radius 3 is 2.56 bits per heavy atom. The first kappa shape index (κ1) is 13.4. The van der Waals surface area contributed by atoms with Crippen molar-refractivity contribution in [3.05, 3.63) is 30.1 Å². The van der Waals surface area contributed by atoms with Crippen LogP contribution in [0.2, 0.25) is 0 Å². The highest BCUT2D eigenvalue weighted by Gasteiger charge is 2.15. The molecule has 0 saturated heterocycles. The maximum absolute atomic E-state index is 6.03. The SMILES string of the molecule is CC(C)CCC(C)n1c(CCl)nc2ccccc21. The van der Waals surface area contributed by atoms with Crippen LogP contribution in [0.25, 0.3) is 11.0 Å². The molecule has 1 aromatic carbocycles. The van der Waals surface area contributed by atoms with E-state index in [0.717, 1.165) is 17.3 Å². The zero-order valence-electron chi connectivity index (χ0n) is 11.4. The molecule has 0 bridgehead atoms. The highest BCUT2D eigenvalue weighted by atomic mass is 35.5. The van der Waals surface area contributed by atoms with Crippen molar-refractivity contribution in [3.8, 4) is 0 Å². The third-order valence-electron chi connectivity index (χ3n) is 3.39. The van der Waals surface area contributed by atoms with Crippen LogP contribution in [-0.2, 0) is 5.88 Å². The number of rotatable bonds is 5. The maximum atomic E-state index is 6.03. The van der Waals surface area contributed by atoms with E-state index in [1.807, 2.05) is 6.07 Å². The van der Waals surface area contributed by atoms with E-state index in [4.69, 9.17) is 11.6 Å². The van der Waals surface area contributed by atoms with Crippen LogP contribution in [-0.4, -0.2) is 9.55 Å². The molecule has 2 rings (SSSR count). The molecule has 1 aromatic heterocycles. The van der Waals surface area contributed by atoms with Crippen molar-refractivity contribution in [3.63, 3.8) is 0 Å². The molecule has 0 radical (unpaired) electrons. The summed E-state index contributed by atoms with van der Waals surface area (Å²) >= 11 is 6.03. The Hall–Kier alpha value is -1.02. The van der Waals surface area contributed by atoms with Crippen LogP contribution < -0.4 is 0 Å². The lowest BCUT2D eigenvalue weighted by atomic mass is 10.0. The number of para-hydroxylation sites is 2. The summed E-state index contributed by atoms with van der Waals surface area (Å²) in [7, 11) is 0. The second kappa shape index (κ2) is 5.75. The fourth-order valence-corrected chi connectivity index (χ4v) is 2.57. The maximum Gasteiger partial charge on any atom is 0.125 e. The Labute approximate surface area is 114 Å². The van der Waals surface area contributed by atoms with Crippen LogP contribution in [0.5, 0.6) is 0 Å². The summed E-state index contributed by atoms with van der Waals surface area (Å²) in [6.45, 7) is 6.79. The number of hydrogen-bond donors (Lipinski definition) is 0. The Bertz CT molecular complexity index is 516. The molecule has 2 nitrogen and oxygen atoms in total. The third-order valence-corrected chi connectivity index (χ3v) is 3.63. The smallest absolute Gasteiger partial charge is 0.125 e. The zero-order chi connectivity index (χ0) is 13.1. The van der Waals surface area contributed by atoms with Gasteiger partial charge in [-0.2, -0.15) is 0 Å². The van der Waals surface area contributed by atoms with Gasteiger partial charge in [-0.25, -0.2) is 4.98 Å². The second-order valence-corrected chi connectivity index (χ2v) is 5.61. The van der Waals surface area contributed by atoms with Crippen LogP contribution in [0.3, 0.4) is 0 Å². The molecule has 98 valence electrons. The number of aromatic nitrogens is 2. The largest absolute Gasteiger partial charge is 0.324 e. The van der Waals surface area contributed by atoms with Gasteiger partial charge >= 0.3 is 0 Å². The number of imidazole rings is 1.